The van der Waals surface area contributed by atoms with Gasteiger partial charge in [0.05, 0.1) is 24.4 Å². The van der Waals surface area contributed by atoms with E-state index in [0.29, 0.717) is 22.7 Å². The topological polar surface area (TPSA) is 88.7 Å². The first-order valence-corrected chi connectivity index (χ1v) is 13.7. The molecule has 3 atom stereocenters. The van der Waals surface area contributed by atoms with Gasteiger partial charge >= 0.3 is 5.97 Å². The largest absolute Gasteiger partial charge is 0.493 e. The summed E-state index contributed by atoms with van der Waals surface area (Å²) in [5, 5.41) is 10.1. The maximum atomic E-state index is 13.6. The minimum atomic E-state index is -0.404. The predicted molar refractivity (Wildman–Crippen MR) is 161 cm³/mol. The number of rotatable bonds is 7. The van der Waals surface area contributed by atoms with Crippen LogP contribution in [0.1, 0.15) is 46.8 Å². The van der Waals surface area contributed by atoms with Crippen LogP contribution in [-0.4, -0.2) is 19.0 Å². The van der Waals surface area contributed by atoms with Crippen LogP contribution in [0.2, 0.25) is 0 Å². The van der Waals surface area contributed by atoms with Crippen molar-refractivity contribution in [1.82, 2.24) is 0 Å². The first-order chi connectivity index (χ1) is 20.0. The highest BCUT2D eigenvalue weighted by atomic mass is 16.6. The lowest BCUT2D eigenvalue weighted by molar-refractivity contribution is -0.132. The molecule has 3 N–H and O–H groups in total. The number of amides is 1. The zero-order valence-electron chi connectivity index (χ0n) is 22.9. The molecule has 0 bridgehead atoms. The number of hydrogen-bond donors (Lipinski definition) is 3. The summed E-state index contributed by atoms with van der Waals surface area (Å²) in [5.74, 6) is 0.732. The van der Waals surface area contributed by atoms with Gasteiger partial charge in [-0.3, -0.25) is 9.59 Å². The summed E-state index contributed by atoms with van der Waals surface area (Å²) in [6.07, 6.45) is 5.36. The van der Waals surface area contributed by atoms with E-state index in [0.717, 1.165) is 34.6 Å². The first kappa shape index (κ1) is 26.2. The van der Waals surface area contributed by atoms with E-state index in [1.165, 1.54) is 6.92 Å². The quantitative estimate of drug-likeness (QED) is 0.127. The number of anilines is 4. The molecule has 0 spiro atoms. The number of benzene rings is 4. The van der Waals surface area contributed by atoms with Crippen LogP contribution in [0.5, 0.6) is 11.5 Å². The Morgan fingerprint density at radius 3 is 2.37 bits per heavy atom. The Morgan fingerprint density at radius 1 is 0.854 bits per heavy atom. The second kappa shape index (κ2) is 11.2. The smallest absolute Gasteiger partial charge is 0.308 e. The molecule has 0 saturated heterocycles. The SMILES string of the molecule is COc1cc(C2Nc3c(C(=O)Nc4ccc(Nc5ccccc5)cc4)cccc3C3C=CCC32)ccc1OC(C)=O. The Kier molecular flexibility index (Phi) is 7.17. The third-order valence-electron chi connectivity index (χ3n) is 7.65. The number of methoxy groups -OCH3 is 1. The van der Waals surface area contributed by atoms with E-state index in [-0.39, 0.29) is 23.8 Å². The maximum Gasteiger partial charge on any atom is 0.308 e. The molecule has 1 amide bonds. The maximum absolute atomic E-state index is 13.6. The molecule has 0 aromatic heterocycles. The van der Waals surface area contributed by atoms with Crippen LogP contribution in [0, 0.1) is 5.92 Å². The number of fused-ring (bicyclic) bond motifs is 3. The van der Waals surface area contributed by atoms with Gasteiger partial charge in [-0.15, -0.1) is 0 Å². The summed E-state index contributed by atoms with van der Waals surface area (Å²) in [7, 11) is 1.56. The minimum absolute atomic E-state index is 0.0694. The van der Waals surface area contributed by atoms with E-state index >= 15 is 0 Å². The molecule has 1 heterocycles. The van der Waals surface area contributed by atoms with Crippen LogP contribution in [0.3, 0.4) is 0 Å². The summed E-state index contributed by atoms with van der Waals surface area (Å²) in [4.78, 5) is 25.1. The molecule has 0 saturated carbocycles. The monoisotopic (exact) mass is 545 g/mol. The first-order valence-electron chi connectivity index (χ1n) is 13.7. The average molecular weight is 546 g/mol. The zero-order chi connectivity index (χ0) is 28.3. The van der Waals surface area contributed by atoms with Crippen molar-refractivity contribution in [2.45, 2.75) is 25.3 Å². The van der Waals surface area contributed by atoms with Crippen LogP contribution in [0.4, 0.5) is 22.7 Å². The summed E-state index contributed by atoms with van der Waals surface area (Å²) in [6, 6.07) is 29.1. The molecule has 7 nitrogen and oxygen atoms in total. The second-order valence-corrected chi connectivity index (χ2v) is 10.3. The van der Waals surface area contributed by atoms with Crippen molar-refractivity contribution >= 4 is 34.6 Å². The number of nitrogens with one attached hydrogen (secondary N) is 3. The molecule has 1 aliphatic heterocycles. The molecule has 2 aliphatic rings. The van der Waals surface area contributed by atoms with Crippen molar-refractivity contribution in [3.63, 3.8) is 0 Å². The standard InChI is InChI=1S/C34H31N3O4/c1-21(38)41-30-19-14-22(20-31(30)40-2)32-27-11-6-10-26(27)28-12-7-13-29(33(28)37-32)34(39)36-25-17-15-24(16-18-25)35-23-8-4-3-5-9-23/h3-10,12-20,26-27,32,35,37H,11H2,1-2H3,(H,36,39). The molecule has 3 unspecified atom stereocenters. The van der Waals surface area contributed by atoms with E-state index in [1.54, 1.807) is 13.2 Å². The predicted octanol–water partition coefficient (Wildman–Crippen LogP) is 7.44. The zero-order valence-corrected chi connectivity index (χ0v) is 22.9. The van der Waals surface area contributed by atoms with Gasteiger partial charge in [0.25, 0.3) is 5.91 Å². The normalized spacial score (nSPS) is 18.4. The van der Waals surface area contributed by atoms with Crippen molar-refractivity contribution in [3.05, 3.63) is 120 Å². The van der Waals surface area contributed by atoms with Gasteiger partial charge in [-0.25, -0.2) is 0 Å². The highest BCUT2D eigenvalue weighted by molar-refractivity contribution is 6.08. The van der Waals surface area contributed by atoms with Crippen LogP contribution < -0.4 is 25.4 Å². The average Bonchev–Trinajstić information content (AvgIpc) is 3.48. The Bertz CT molecular complexity index is 1620. The Balaban J connectivity index is 1.26. The molecular formula is C34H31N3O4. The van der Waals surface area contributed by atoms with Gasteiger partial charge in [0.15, 0.2) is 11.5 Å². The number of carbonyl (C=O) groups is 2. The minimum Gasteiger partial charge on any atom is -0.493 e. The third kappa shape index (κ3) is 5.39. The molecule has 0 fully saturated rings. The van der Waals surface area contributed by atoms with Gasteiger partial charge in [-0.05, 0) is 78.1 Å². The molecule has 0 radical (unpaired) electrons. The molecule has 7 heteroatoms. The lowest BCUT2D eigenvalue weighted by atomic mass is 9.76. The highest BCUT2D eigenvalue weighted by Gasteiger charge is 2.39. The van der Waals surface area contributed by atoms with E-state index < -0.39 is 5.97 Å². The number of esters is 1. The summed E-state index contributed by atoms with van der Waals surface area (Å²) >= 11 is 0. The van der Waals surface area contributed by atoms with Crippen molar-refractivity contribution in [3.8, 4) is 11.5 Å². The summed E-state index contributed by atoms with van der Waals surface area (Å²) < 4.78 is 10.9. The number of para-hydroxylation sites is 2. The van der Waals surface area contributed by atoms with Crippen molar-refractivity contribution < 1.29 is 19.1 Å². The van der Waals surface area contributed by atoms with Crippen LogP contribution >= 0.6 is 0 Å². The Hall–Kier alpha value is -5.04. The lowest BCUT2D eigenvalue weighted by Crippen LogP contribution is -2.31. The van der Waals surface area contributed by atoms with Gasteiger partial charge in [0, 0.05) is 29.9 Å². The summed E-state index contributed by atoms with van der Waals surface area (Å²) in [6.45, 7) is 1.37. The van der Waals surface area contributed by atoms with E-state index in [1.807, 2.05) is 78.9 Å². The highest BCUT2D eigenvalue weighted by Crippen LogP contribution is 2.51. The van der Waals surface area contributed by atoms with Crippen molar-refractivity contribution in [2.24, 2.45) is 5.92 Å². The summed E-state index contributed by atoms with van der Waals surface area (Å²) in [5.41, 5.74) is 6.17. The molecule has 41 heavy (non-hydrogen) atoms. The van der Waals surface area contributed by atoms with Gasteiger partial charge in [-0.1, -0.05) is 48.6 Å². The third-order valence-corrected chi connectivity index (χ3v) is 7.65. The lowest BCUT2D eigenvalue weighted by Gasteiger charge is -2.38. The van der Waals surface area contributed by atoms with Gasteiger partial charge in [0.2, 0.25) is 0 Å². The van der Waals surface area contributed by atoms with E-state index in [9.17, 15) is 9.59 Å². The van der Waals surface area contributed by atoms with Crippen molar-refractivity contribution in [1.29, 1.82) is 0 Å². The number of carbonyl (C=O) groups excluding carboxylic acids is 2. The molecule has 6 rings (SSSR count). The number of ether oxygens (including phenoxy) is 2. The fourth-order valence-electron chi connectivity index (χ4n) is 5.78. The second-order valence-electron chi connectivity index (χ2n) is 10.3. The molecule has 4 aromatic carbocycles. The fraction of sp³-hybridized carbons (Fsp3) is 0.176. The molecule has 206 valence electrons. The van der Waals surface area contributed by atoms with Crippen LogP contribution in [-0.2, 0) is 4.79 Å². The fourth-order valence-corrected chi connectivity index (χ4v) is 5.78. The van der Waals surface area contributed by atoms with Crippen LogP contribution in [0.25, 0.3) is 0 Å². The van der Waals surface area contributed by atoms with Crippen molar-refractivity contribution in [2.75, 3.05) is 23.1 Å². The van der Waals surface area contributed by atoms with Crippen LogP contribution in [0.15, 0.2) is 103 Å². The molecule has 4 aromatic rings. The Morgan fingerprint density at radius 2 is 1.61 bits per heavy atom. The Labute approximate surface area is 239 Å². The van der Waals surface area contributed by atoms with E-state index in [4.69, 9.17) is 9.47 Å². The van der Waals surface area contributed by atoms with E-state index in [2.05, 4.69) is 34.2 Å². The molecule has 1 aliphatic carbocycles. The van der Waals surface area contributed by atoms with Gasteiger partial charge in [-0.2, -0.15) is 0 Å². The number of hydrogen-bond acceptors (Lipinski definition) is 6. The molecular weight excluding hydrogens is 514 g/mol. The van der Waals surface area contributed by atoms with Gasteiger partial charge in [0.1, 0.15) is 0 Å². The number of allylic oxidation sites excluding steroid dienone is 2. The van der Waals surface area contributed by atoms with Gasteiger partial charge < -0.3 is 25.4 Å².